The highest BCUT2D eigenvalue weighted by Crippen LogP contribution is 2.55. The van der Waals surface area contributed by atoms with Crippen LogP contribution in [0.5, 0.6) is 0 Å². The highest BCUT2D eigenvalue weighted by molar-refractivity contribution is 7.94. The maximum absolute atomic E-state index is 13.8. The quantitative estimate of drug-likeness (QED) is 0.238. The summed E-state index contributed by atoms with van der Waals surface area (Å²) >= 11 is 1.11. The number of carbonyl (C=O) groups is 1. The van der Waals surface area contributed by atoms with Crippen molar-refractivity contribution < 1.29 is 31.1 Å². The molecule has 45 heavy (non-hydrogen) atoms. The number of hydrogen-bond donors (Lipinski definition) is 2. The SMILES string of the molecule is Cc1csc(S(=O)(=O)C2(c3cc(N4CCOC[C@@H]4C)nc(-c4ccc(NC(=O)Nc5ccc(C(F)(F)F)cc5)cc4)n3)CC2)n1. The number of carbonyl (C=O) groups excluding carboxylic acids is 1. The Hall–Kier alpha value is -4.08. The average molecular weight is 659 g/mol. The number of amides is 2. The van der Waals surface area contributed by atoms with Crippen molar-refractivity contribution in [3.8, 4) is 11.4 Å². The highest BCUT2D eigenvalue weighted by Gasteiger charge is 2.59. The summed E-state index contributed by atoms with van der Waals surface area (Å²) in [7, 11) is -3.81. The number of aryl methyl sites for hydroxylation is 1. The van der Waals surface area contributed by atoms with Crippen LogP contribution in [-0.2, 0) is 25.5 Å². The molecule has 2 aromatic heterocycles. The fourth-order valence-electron chi connectivity index (χ4n) is 5.15. The van der Waals surface area contributed by atoms with Crippen molar-refractivity contribution in [1.29, 1.82) is 0 Å². The number of rotatable bonds is 7. The first kappa shape index (κ1) is 30.9. The van der Waals surface area contributed by atoms with Gasteiger partial charge in [-0.15, -0.1) is 11.3 Å². The van der Waals surface area contributed by atoms with Crippen LogP contribution in [0, 0.1) is 6.92 Å². The third-order valence-electron chi connectivity index (χ3n) is 7.76. The van der Waals surface area contributed by atoms with Gasteiger partial charge in [0, 0.05) is 40.6 Å². The van der Waals surface area contributed by atoms with Gasteiger partial charge in [0.25, 0.3) is 0 Å². The summed E-state index contributed by atoms with van der Waals surface area (Å²) in [5.41, 5.74) is 1.45. The Kier molecular flexibility index (Phi) is 8.03. The molecule has 2 aromatic carbocycles. The first-order chi connectivity index (χ1) is 21.4. The van der Waals surface area contributed by atoms with E-state index < -0.39 is 32.4 Å². The summed E-state index contributed by atoms with van der Waals surface area (Å²) < 4.78 is 70.6. The van der Waals surface area contributed by atoms with Crippen molar-refractivity contribution in [1.82, 2.24) is 15.0 Å². The normalized spacial score (nSPS) is 18.0. The van der Waals surface area contributed by atoms with Gasteiger partial charge < -0.3 is 20.3 Å². The van der Waals surface area contributed by atoms with Gasteiger partial charge in [-0.3, -0.25) is 0 Å². The van der Waals surface area contributed by atoms with Crippen molar-refractivity contribution in [3.63, 3.8) is 0 Å². The third kappa shape index (κ3) is 6.24. The molecule has 1 saturated carbocycles. The number of anilines is 3. The number of nitrogens with zero attached hydrogens (tertiary/aromatic N) is 4. The van der Waals surface area contributed by atoms with E-state index in [9.17, 15) is 26.4 Å². The molecule has 1 saturated heterocycles. The molecule has 1 atom stereocenters. The Labute approximate surface area is 261 Å². The zero-order valence-electron chi connectivity index (χ0n) is 24.3. The molecule has 3 heterocycles. The van der Waals surface area contributed by atoms with Crippen LogP contribution in [0.15, 0.2) is 64.3 Å². The van der Waals surface area contributed by atoms with Crippen LogP contribution in [0.25, 0.3) is 11.4 Å². The van der Waals surface area contributed by atoms with E-state index in [0.29, 0.717) is 66.9 Å². The van der Waals surface area contributed by atoms with Crippen LogP contribution in [0.3, 0.4) is 0 Å². The second kappa shape index (κ2) is 11.7. The molecule has 2 N–H and O–H groups in total. The number of ether oxygens (including phenoxy) is 1. The molecule has 0 radical (unpaired) electrons. The number of urea groups is 1. The van der Waals surface area contributed by atoms with Crippen LogP contribution in [0.2, 0.25) is 0 Å². The molecule has 236 valence electrons. The fraction of sp³-hybridized carbons (Fsp3) is 0.333. The van der Waals surface area contributed by atoms with Crippen LogP contribution in [0.1, 0.15) is 36.7 Å². The molecule has 10 nitrogen and oxygen atoms in total. The zero-order valence-corrected chi connectivity index (χ0v) is 25.9. The first-order valence-electron chi connectivity index (χ1n) is 14.1. The Bertz CT molecular complexity index is 1830. The number of alkyl halides is 3. The largest absolute Gasteiger partial charge is 0.416 e. The lowest BCUT2D eigenvalue weighted by Gasteiger charge is -2.34. The van der Waals surface area contributed by atoms with Gasteiger partial charge in [0.1, 0.15) is 10.6 Å². The Morgan fingerprint density at radius 2 is 1.67 bits per heavy atom. The van der Waals surface area contributed by atoms with Gasteiger partial charge in [0.2, 0.25) is 14.2 Å². The van der Waals surface area contributed by atoms with Gasteiger partial charge in [0.15, 0.2) is 5.82 Å². The number of halogens is 3. The van der Waals surface area contributed by atoms with E-state index in [0.717, 1.165) is 23.5 Å². The van der Waals surface area contributed by atoms with Crippen molar-refractivity contribution >= 4 is 44.4 Å². The molecule has 0 unspecified atom stereocenters. The van der Waals surface area contributed by atoms with E-state index in [1.165, 1.54) is 12.1 Å². The molecule has 2 amide bonds. The molecular weight excluding hydrogens is 629 g/mol. The van der Waals surface area contributed by atoms with E-state index in [-0.39, 0.29) is 16.1 Å². The minimum absolute atomic E-state index is 0.0116. The van der Waals surface area contributed by atoms with Gasteiger partial charge >= 0.3 is 12.2 Å². The molecule has 2 fully saturated rings. The van der Waals surface area contributed by atoms with E-state index in [4.69, 9.17) is 14.7 Å². The number of sulfone groups is 1. The van der Waals surface area contributed by atoms with Crippen LogP contribution < -0.4 is 15.5 Å². The van der Waals surface area contributed by atoms with Crippen molar-refractivity contribution in [2.45, 2.75) is 48.0 Å². The topological polar surface area (TPSA) is 126 Å². The molecule has 6 rings (SSSR count). The maximum atomic E-state index is 13.8. The van der Waals surface area contributed by atoms with Crippen LogP contribution in [0.4, 0.5) is 35.2 Å². The van der Waals surface area contributed by atoms with Gasteiger partial charge in [-0.05, 0) is 75.2 Å². The molecule has 1 aliphatic carbocycles. The van der Waals surface area contributed by atoms with Crippen molar-refractivity contribution in [3.05, 3.63) is 76.9 Å². The Morgan fingerprint density at radius 1 is 1.02 bits per heavy atom. The van der Waals surface area contributed by atoms with E-state index >= 15 is 0 Å². The van der Waals surface area contributed by atoms with Crippen LogP contribution in [-0.4, -0.2) is 55.2 Å². The standard InChI is InChI=1S/C30H29F3N6O4S2/c1-18-17-44-28(34-18)45(41,42)29(11-12-29)24-15-25(39-13-14-43-16-19(39)2)38-26(37-24)20-3-7-22(8-4-20)35-27(40)36-23-9-5-21(6-10-23)30(31,32)33/h3-10,15,17,19H,11-14,16H2,1-2H3,(H2,35,36,40)/t19-/m0/s1. The summed E-state index contributed by atoms with van der Waals surface area (Å²) in [4.78, 5) is 28.4. The minimum atomic E-state index is -4.47. The minimum Gasteiger partial charge on any atom is -0.377 e. The number of thiazole rings is 1. The fourth-order valence-corrected chi connectivity index (χ4v) is 8.42. The van der Waals surface area contributed by atoms with Crippen LogP contribution >= 0.6 is 11.3 Å². The Balaban J connectivity index is 1.27. The number of benzene rings is 2. The maximum Gasteiger partial charge on any atom is 0.416 e. The molecule has 0 spiro atoms. The summed E-state index contributed by atoms with van der Waals surface area (Å²) in [5.74, 6) is 0.930. The number of aromatic nitrogens is 3. The van der Waals surface area contributed by atoms with E-state index in [1.54, 1.807) is 42.6 Å². The molecule has 0 bridgehead atoms. The second-order valence-corrected chi connectivity index (χ2v) is 14.3. The summed E-state index contributed by atoms with van der Waals surface area (Å²) in [5, 5.41) is 6.87. The Morgan fingerprint density at radius 3 is 2.22 bits per heavy atom. The van der Waals surface area contributed by atoms with Gasteiger partial charge in [0.05, 0.1) is 30.5 Å². The highest BCUT2D eigenvalue weighted by atomic mass is 32.2. The average Bonchev–Trinajstić information content (AvgIpc) is 3.72. The summed E-state index contributed by atoms with van der Waals surface area (Å²) in [6.45, 7) is 5.37. The summed E-state index contributed by atoms with van der Waals surface area (Å²) in [6.07, 6.45) is -3.64. The van der Waals surface area contributed by atoms with E-state index in [1.807, 2.05) is 6.92 Å². The zero-order chi connectivity index (χ0) is 32.0. The lowest BCUT2D eigenvalue weighted by molar-refractivity contribution is -0.137. The lowest BCUT2D eigenvalue weighted by atomic mass is 10.1. The predicted molar refractivity (Wildman–Crippen MR) is 164 cm³/mol. The smallest absolute Gasteiger partial charge is 0.377 e. The molecule has 4 aromatic rings. The number of nitrogens with one attached hydrogen (secondary N) is 2. The molecule has 1 aliphatic heterocycles. The number of hydrogen-bond acceptors (Lipinski definition) is 9. The first-order valence-corrected chi connectivity index (χ1v) is 16.5. The number of morpholine rings is 1. The summed E-state index contributed by atoms with van der Waals surface area (Å²) in [6, 6.07) is 11.9. The van der Waals surface area contributed by atoms with Crippen molar-refractivity contribution in [2.75, 3.05) is 35.3 Å². The van der Waals surface area contributed by atoms with Gasteiger partial charge in [-0.2, -0.15) is 13.2 Å². The molecule has 15 heteroatoms. The lowest BCUT2D eigenvalue weighted by Crippen LogP contribution is -2.44. The second-order valence-electron chi connectivity index (χ2n) is 11.0. The third-order valence-corrected chi connectivity index (χ3v) is 11.7. The molecule has 2 aliphatic rings. The van der Waals surface area contributed by atoms with Crippen molar-refractivity contribution in [2.24, 2.45) is 0 Å². The predicted octanol–water partition coefficient (Wildman–Crippen LogP) is 6.26. The van der Waals surface area contributed by atoms with Gasteiger partial charge in [-0.25, -0.2) is 28.2 Å². The van der Waals surface area contributed by atoms with E-state index in [2.05, 4.69) is 20.5 Å². The molecular formula is C30H29F3N6O4S2. The monoisotopic (exact) mass is 658 g/mol. The van der Waals surface area contributed by atoms with Gasteiger partial charge in [-0.1, -0.05) is 0 Å².